The van der Waals surface area contributed by atoms with Crippen LogP contribution >= 0.6 is 15.6 Å². The van der Waals surface area contributed by atoms with E-state index in [2.05, 4.69) is 0 Å². The van der Waals surface area contributed by atoms with Crippen molar-refractivity contribution in [3.63, 3.8) is 0 Å². The van der Waals surface area contributed by atoms with Crippen LogP contribution in [0.2, 0.25) is 0 Å². The summed E-state index contributed by atoms with van der Waals surface area (Å²) in [5.74, 6) is 0.447. The standard InChI is InChI=1S/C16H20O7P2/c1-3-19-24(17,20-4-2)23-25(18,21-15-11-7-5-8-12-15)22-16-13-9-6-10-14-16/h5-14H,3-4H2,1-2H3. The molecule has 0 saturated carbocycles. The van der Waals surface area contributed by atoms with Crippen molar-refractivity contribution in [1.82, 2.24) is 0 Å². The molecular weight excluding hydrogens is 366 g/mol. The summed E-state index contributed by atoms with van der Waals surface area (Å²) in [6.45, 7) is 3.29. The molecule has 0 heterocycles. The maximum Gasteiger partial charge on any atom is 0.596 e. The Morgan fingerprint density at radius 2 is 1.08 bits per heavy atom. The fourth-order valence-electron chi connectivity index (χ4n) is 1.80. The lowest BCUT2D eigenvalue weighted by atomic mass is 10.3. The first-order valence-corrected chi connectivity index (χ1v) is 10.6. The van der Waals surface area contributed by atoms with Crippen LogP contribution in [-0.2, 0) is 22.5 Å². The van der Waals surface area contributed by atoms with Gasteiger partial charge in [-0.1, -0.05) is 36.4 Å². The number of hydrogen-bond donors (Lipinski definition) is 0. The third-order valence-electron chi connectivity index (χ3n) is 2.70. The molecule has 0 unspecified atom stereocenters. The van der Waals surface area contributed by atoms with Gasteiger partial charge >= 0.3 is 15.6 Å². The Labute approximate surface area is 147 Å². The van der Waals surface area contributed by atoms with Crippen molar-refractivity contribution in [1.29, 1.82) is 0 Å². The summed E-state index contributed by atoms with van der Waals surface area (Å²) >= 11 is 0. The molecule has 0 aromatic heterocycles. The first-order chi connectivity index (χ1) is 12.0. The minimum absolute atomic E-state index is 0.0357. The third-order valence-corrected chi connectivity index (χ3v) is 6.31. The Kier molecular flexibility index (Phi) is 7.24. The number of hydrogen-bond acceptors (Lipinski definition) is 7. The van der Waals surface area contributed by atoms with Crippen LogP contribution in [0.1, 0.15) is 13.8 Å². The van der Waals surface area contributed by atoms with Crippen LogP contribution in [0.25, 0.3) is 0 Å². The molecule has 0 aliphatic heterocycles. The van der Waals surface area contributed by atoms with Gasteiger partial charge in [0, 0.05) is 0 Å². The van der Waals surface area contributed by atoms with Crippen molar-refractivity contribution in [3.8, 4) is 11.5 Å². The van der Waals surface area contributed by atoms with Gasteiger partial charge in [-0.25, -0.2) is 9.13 Å². The van der Waals surface area contributed by atoms with Crippen LogP contribution in [-0.4, -0.2) is 13.2 Å². The molecule has 25 heavy (non-hydrogen) atoms. The van der Waals surface area contributed by atoms with E-state index in [9.17, 15) is 9.13 Å². The van der Waals surface area contributed by atoms with Gasteiger partial charge in [0.2, 0.25) is 0 Å². The topological polar surface area (TPSA) is 80.3 Å². The van der Waals surface area contributed by atoms with Gasteiger partial charge in [-0.2, -0.15) is 4.31 Å². The zero-order chi connectivity index (χ0) is 18.2. The minimum Gasteiger partial charge on any atom is -0.395 e. The smallest absolute Gasteiger partial charge is 0.395 e. The minimum atomic E-state index is -4.36. The summed E-state index contributed by atoms with van der Waals surface area (Å²) in [5.41, 5.74) is 0. The Morgan fingerprint density at radius 1 is 0.680 bits per heavy atom. The van der Waals surface area contributed by atoms with E-state index in [0.29, 0.717) is 0 Å². The van der Waals surface area contributed by atoms with E-state index in [0.717, 1.165) is 0 Å². The number of phosphoric acid groups is 2. The van der Waals surface area contributed by atoms with Gasteiger partial charge in [0.05, 0.1) is 13.2 Å². The van der Waals surface area contributed by atoms with E-state index >= 15 is 0 Å². The molecule has 0 fully saturated rings. The predicted octanol–water partition coefficient (Wildman–Crippen LogP) is 5.45. The second kappa shape index (κ2) is 9.18. The van der Waals surface area contributed by atoms with Crippen molar-refractivity contribution < 1.29 is 31.5 Å². The second-order valence-electron chi connectivity index (χ2n) is 4.62. The number of phosphoric ester groups is 2. The number of benzene rings is 2. The lowest BCUT2D eigenvalue weighted by Gasteiger charge is -2.22. The molecule has 9 heteroatoms. The lowest BCUT2D eigenvalue weighted by molar-refractivity contribution is 0.153. The normalized spacial score (nSPS) is 11.9. The van der Waals surface area contributed by atoms with E-state index in [1.54, 1.807) is 74.5 Å². The Morgan fingerprint density at radius 3 is 1.44 bits per heavy atom. The molecule has 136 valence electrons. The summed E-state index contributed by atoms with van der Waals surface area (Å²) in [6, 6.07) is 16.5. The molecule has 0 saturated heterocycles. The SMILES string of the molecule is CCOP(=O)(OCC)OP(=O)(Oc1ccccc1)Oc1ccccc1. The highest BCUT2D eigenvalue weighted by Crippen LogP contribution is 2.65. The Hall–Kier alpha value is -1.62. The third kappa shape index (κ3) is 6.31. The van der Waals surface area contributed by atoms with Gasteiger partial charge in [0.15, 0.2) is 0 Å². The predicted molar refractivity (Wildman–Crippen MR) is 93.7 cm³/mol. The van der Waals surface area contributed by atoms with Crippen molar-refractivity contribution in [2.75, 3.05) is 13.2 Å². The molecule has 0 bridgehead atoms. The number of rotatable bonds is 10. The van der Waals surface area contributed by atoms with Crippen molar-refractivity contribution >= 4 is 15.6 Å². The van der Waals surface area contributed by atoms with Crippen LogP contribution in [0, 0.1) is 0 Å². The average Bonchev–Trinajstić information content (AvgIpc) is 2.56. The Bertz CT molecular complexity index is 681. The van der Waals surface area contributed by atoms with Crippen molar-refractivity contribution in [3.05, 3.63) is 60.7 Å². The first kappa shape index (κ1) is 19.7. The molecule has 7 nitrogen and oxygen atoms in total. The van der Waals surface area contributed by atoms with Gasteiger partial charge in [-0.05, 0) is 38.1 Å². The fourth-order valence-corrected chi connectivity index (χ4v) is 4.92. The molecule has 2 aromatic carbocycles. The maximum atomic E-state index is 13.1. The van der Waals surface area contributed by atoms with E-state index in [1.807, 2.05) is 0 Å². The van der Waals surface area contributed by atoms with Gasteiger partial charge in [-0.15, -0.1) is 0 Å². The molecule has 0 spiro atoms. The lowest BCUT2D eigenvalue weighted by Crippen LogP contribution is -2.07. The van der Waals surface area contributed by atoms with Gasteiger partial charge in [0.25, 0.3) is 0 Å². The van der Waals surface area contributed by atoms with Crippen LogP contribution in [0.15, 0.2) is 60.7 Å². The first-order valence-electron chi connectivity index (χ1n) is 7.68. The molecule has 2 aromatic rings. The molecule has 0 radical (unpaired) electrons. The zero-order valence-corrected chi connectivity index (χ0v) is 15.7. The maximum absolute atomic E-state index is 13.1. The van der Waals surface area contributed by atoms with Crippen LogP contribution < -0.4 is 9.05 Å². The number of para-hydroxylation sites is 2. The van der Waals surface area contributed by atoms with Gasteiger partial charge < -0.3 is 9.05 Å². The summed E-state index contributed by atoms with van der Waals surface area (Å²) < 4.78 is 51.7. The van der Waals surface area contributed by atoms with Gasteiger partial charge in [-0.3, -0.25) is 9.05 Å². The quantitative estimate of drug-likeness (QED) is 0.502. The largest absolute Gasteiger partial charge is 0.596 e. The molecule has 0 aliphatic rings. The van der Waals surface area contributed by atoms with Crippen molar-refractivity contribution in [2.45, 2.75) is 13.8 Å². The summed E-state index contributed by atoms with van der Waals surface area (Å²) in [6.07, 6.45) is 0. The zero-order valence-electron chi connectivity index (χ0n) is 13.9. The highest BCUT2D eigenvalue weighted by molar-refractivity contribution is 7.62. The highest BCUT2D eigenvalue weighted by Gasteiger charge is 2.43. The van der Waals surface area contributed by atoms with Crippen LogP contribution in [0.4, 0.5) is 0 Å². The highest BCUT2D eigenvalue weighted by atomic mass is 31.3. The molecule has 0 amide bonds. The molecule has 0 aliphatic carbocycles. The van der Waals surface area contributed by atoms with E-state index in [1.165, 1.54) is 0 Å². The molecular formula is C16H20O7P2. The summed E-state index contributed by atoms with van der Waals surface area (Å²) in [5, 5.41) is 0. The van der Waals surface area contributed by atoms with Gasteiger partial charge in [0.1, 0.15) is 11.5 Å². The van der Waals surface area contributed by atoms with Crippen LogP contribution in [0.3, 0.4) is 0 Å². The Balaban J connectivity index is 2.30. The van der Waals surface area contributed by atoms with E-state index in [-0.39, 0.29) is 24.7 Å². The fraction of sp³-hybridized carbons (Fsp3) is 0.250. The molecule has 0 N–H and O–H groups in total. The molecule has 2 rings (SSSR count). The van der Waals surface area contributed by atoms with E-state index in [4.69, 9.17) is 22.4 Å². The van der Waals surface area contributed by atoms with Crippen molar-refractivity contribution in [2.24, 2.45) is 0 Å². The summed E-state index contributed by atoms with van der Waals surface area (Å²) in [4.78, 5) is 0. The summed E-state index contributed by atoms with van der Waals surface area (Å²) in [7, 11) is -8.49. The monoisotopic (exact) mass is 386 g/mol. The average molecular weight is 386 g/mol. The van der Waals surface area contributed by atoms with E-state index < -0.39 is 15.6 Å². The van der Waals surface area contributed by atoms with Crippen LogP contribution in [0.5, 0.6) is 11.5 Å². The molecule has 0 atom stereocenters. The second-order valence-corrected chi connectivity index (χ2v) is 7.94.